The predicted octanol–water partition coefficient (Wildman–Crippen LogP) is 4.98. The zero-order valence-electron chi connectivity index (χ0n) is 16.5. The molecule has 1 fully saturated rings. The van der Waals surface area contributed by atoms with E-state index in [1.165, 1.54) is 4.90 Å². The maximum absolute atomic E-state index is 13.1. The smallest absolute Gasteiger partial charge is 0.300 e. The lowest BCUT2D eigenvalue weighted by molar-refractivity contribution is -0.132. The SMILES string of the molecule is Cc1cc(C)cc(N2C(=O)C(=O)/C(=C(/O)c3cccc(Cl)c3)C2c2ccccn2)c1. The molecule has 150 valence electrons. The van der Waals surface area contributed by atoms with E-state index in [0.717, 1.165) is 11.1 Å². The summed E-state index contributed by atoms with van der Waals surface area (Å²) in [7, 11) is 0. The Kier molecular flexibility index (Phi) is 5.14. The number of aliphatic hydroxyl groups excluding tert-OH is 1. The molecule has 1 atom stereocenters. The average Bonchev–Trinajstić information content (AvgIpc) is 2.98. The van der Waals surface area contributed by atoms with Crippen molar-refractivity contribution in [1.82, 2.24) is 4.98 Å². The number of aryl methyl sites for hydroxylation is 2. The van der Waals surface area contributed by atoms with Crippen molar-refractivity contribution in [3.8, 4) is 0 Å². The summed E-state index contributed by atoms with van der Waals surface area (Å²) in [5, 5.41) is 11.4. The average molecular weight is 419 g/mol. The fourth-order valence-corrected chi connectivity index (χ4v) is 3.99. The molecule has 1 unspecified atom stereocenters. The topological polar surface area (TPSA) is 70.5 Å². The molecule has 1 aliphatic heterocycles. The number of anilines is 1. The fraction of sp³-hybridized carbons (Fsp3) is 0.125. The van der Waals surface area contributed by atoms with Crippen LogP contribution in [0.5, 0.6) is 0 Å². The number of halogens is 1. The number of Topliss-reactive ketones (excluding diaryl/α,β-unsaturated/α-hetero) is 1. The minimum absolute atomic E-state index is 0.0138. The Hall–Kier alpha value is -3.44. The van der Waals surface area contributed by atoms with Crippen molar-refractivity contribution in [3.63, 3.8) is 0 Å². The summed E-state index contributed by atoms with van der Waals surface area (Å²) >= 11 is 6.07. The lowest BCUT2D eigenvalue weighted by Crippen LogP contribution is -2.30. The van der Waals surface area contributed by atoms with E-state index in [2.05, 4.69) is 4.98 Å². The van der Waals surface area contributed by atoms with Gasteiger partial charge < -0.3 is 5.11 Å². The largest absolute Gasteiger partial charge is 0.507 e. The number of pyridine rings is 1. The molecule has 1 amide bonds. The second kappa shape index (κ2) is 7.76. The van der Waals surface area contributed by atoms with Gasteiger partial charge in [-0.05, 0) is 61.4 Å². The number of hydrogen-bond donors (Lipinski definition) is 1. The van der Waals surface area contributed by atoms with E-state index in [9.17, 15) is 14.7 Å². The molecular weight excluding hydrogens is 400 g/mol. The van der Waals surface area contributed by atoms with Crippen molar-refractivity contribution < 1.29 is 14.7 Å². The van der Waals surface area contributed by atoms with Crippen molar-refractivity contribution in [2.45, 2.75) is 19.9 Å². The highest BCUT2D eigenvalue weighted by atomic mass is 35.5. The van der Waals surface area contributed by atoms with Crippen LogP contribution in [0.25, 0.3) is 5.76 Å². The summed E-state index contributed by atoms with van der Waals surface area (Å²) in [6, 6.07) is 16.6. The molecular formula is C24H19ClN2O3. The van der Waals surface area contributed by atoms with Gasteiger partial charge in [0.15, 0.2) is 0 Å². The van der Waals surface area contributed by atoms with Crippen LogP contribution in [0.3, 0.4) is 0 Å². The van der Waals surface area contributed by atoms with E-state index in [1.807, 2.05) is 32.0 Å². The van der Waals surface area contributed by atoms with Crippen LogP contribution in [0.1, 0.15) is 28.4 Å². The highest BCUT2D eigenvalue weighted by molar-refractivity contribution is 6.51. The molecule has 1 N–H and O–H groups in total. The molecule has 0 spiro atoms. The van der Waals surface area contributed by atoms with E-state index >= 15 is 0 Å². The Morgan fingerprint density at radius 2 is 1.73 bits per heavy atom. The van der Waals surface area contributed by atoms with E-state index in [1.54, 1.807) is 48.7 Å². The van der Waals surface area contributed by atoms with Crippen LogP contribution in [0, 0.1) is 13.8 Å². The second-order valence-electron chi connectivity index (χ2n) is 7.28. The standard InChI is InChI=1S/C24H19ClN2O3/c1-14-10-15(2)12-18(11-14)27-21(19-8-3-4-9-26-19)20(23(29)24(27)30)22(28)16-6-5-7-17(25)13-16/h3-13,21,28H,1-2H3/b22-20+. The molecule has 4 rings (SSSR count). The van der Waals surface area contributed by atoms with Crippen LogP contribution in [0.2, 0.25) is 5.02 Å². The third-order valence-electron chi connectivity index (χ3n) is 5.00. The highest BCUT2D eigenvalue weighted by Gasteiger charge is 2.47. The molecule has 2 aromatic carbocycles. The van der Waals surface area contributed by atoms with Crippen LogP contribution in [0.4, 0.5) is 5.69 Å². The Labute approximate surface area is 179 Å². The van der Waals surface area contributed by atoms with Crippen LogP contribution < -0.4 is 4.90 Å². The third kappa shape index (κ3) is 3.48. The number of rotatable bonds is 3. The monoisotopic (exact) mass is 418 g/mol. The predicted molar refractivity (Wildman–Crippen MR) is 116 cm³/mol. The van der Waals surface area contributed by atoms with Gasteiger partial charge in [0.25, 0.3) is 11.7 Å². The number of hydrogen-bond acceptors (Lipinski definition) is 4. The van der Waals surface area contributed by atoms with Gasteiger partial charge in [-0.3, -0.25) is 19.5 Å². The van der Waals surface area contributed by atoms with Crippen molar-refractivity contribution >= 4 is 34.7 Å². The molecule has 5 nitrogen and oxygen atoms in total. The number of amides is 1. The van der Waals surface area contributed by atoms with Crippen LogP contribution in [-0.2, 0) is 9.59 Å². The van der Waals surface area contributed by atoms with Crippen LogP contribution in [-0.4, -0.2) is 21.8 Å². The lowest BCUT2D eigenvalue weighted by atomic mass is 9.98. The summed E-state index contributed by atoms with van der Waals surface area (Å²) in [5.41, 5.74) is 3.33. The Balaban J connectivity index is 1.97. The van der Waals surface area contributed by atoms with Gasteiger partial charge in [0.1, 0.15) is 11.8 Å². The van der Waals surface area contributed by atoms with E-state index < -0.39 is 17.7 Å². The Morgan fingerprint density at radius 3 is 2.37 bits per heavy atom. The molecule has 1 saturated heterocycles. The minimum Gasteiger partial charge on any atom is -0.507 e. The molecule has 1 aliphatic rings. The van der Waals surface area contributed by atoms with Crippen molar-refractivity contribution in [2.75, 3.05) is 4.90 Å². The number of benzene rings is 2. The summed E-state index contributed by atoms with van der Waals surface area (Å²) in [5.74, 6) is -1.75. The molecule has 0 bridgehead atoms. The zero-order chi connectivity index (χ0) is 21.4. The van der Waals surface area contributed by atoms with E-state index in [-0.39, 0.29) is 11.3 Å². The van der Waals surface area contributed by atoms with Crippen LogP contribution in [0.15, 0.2) is 72.4 Å². The van der Waals surface area contributed by atoms with Gasteiger partial charge in [-0.15, -0.1) is 0 Å². The molecule has 0 aliphatic carbocycles. The molecule has 2 heterocycles. The van der Waals surface area contributed by atoms with E-state index in [0.29, 0.717) is 22.0 Å². The van der Waals surface area contributed by atoms with Gasteiger partial charge >= 0.3 is 0 Å². The van der Waals surface area contributed by atoms with Crippen molar-refractivity contribution in [2.24, 2.45) is 0 Å². The van der Waals surface area contributed by atoms with Gasteiger partial charge in [-0.2, -0.15) is 0 Å². The summed E-state index contributed by atoms with van der Waals surface area (Å²) in [4.78, 5) is 32.0. The number of nitrogens with zero attached hydrogens (tertiary/aromatic N) is 2. The molecule has 30 heavy (non-hydrogen) atoms. The van der Waals surface area contributed by atoms with Gasteiger partial charge in [0.2, 0.25) is 0 Å². The van der Waals surface area contributed by atoms with Crippen molar-refractivity contribution in [1.29, 1.82) is 0 Å². The first-order valence-electron chi connectivity index (χ1n) is 9.43. The Morgan fingerprint density at radius 1 is 1.00 bits per heavy atom. The van der Waals surface area contributed by atoms with Crippen molar-refractivity contribution in [3.05, 3.63) is 99.8 Å². The van der Waals surface area contributed by atoms with Gasteiger partial charge in [-0.25, -0.2) is 0 Å². The second-order valence-corrected chi connectivity index (χ2v) is 7.72. The maximum atomic E-state index is 13.1. The number of carbonyl (C=O) groups is 2. The van der Waals surface area contributed by atoms with Gasteiger partial charge in [0.05, 0.1) is 11.3 Å². The first-order chi connectivity index (χ1) is 14.4. The molecule has 0 radical (unpaired) electrons. The first kappa shape index (κ1) is 19.9. The summed E-state index contributed by atoms with van der Waals surface area (Å²) in [6.07, 6.45) is 1.59. The Bertz CT molecular complexity index is 1170. The van der Waals surface area contributed by atoms with E-state index in [4.69, 9.17) is 11.6 Å². The number of aromatic nitrogens is 1. The minimum atomic E-state index is -0.855. The number of carbonyl (C=O) groups excluding carboxylic acids is 2. The molecule has 1 aromatic heterocycles. The summed E-state index contributed by atoms with van der Waals surface area (Å²) in [6.45, 7) is 3.85. The number of aliphatic hydroxyl groups is 1. The van der Waals surface area contributed by atoms with Crippen LogP contribution >= 0.6 is 11.6 Å². The first-order valence-corrected chi connectivity index (χ1v) is 9.81. The highest BCUT2D eigenvalue weighted by Crippen LogP contribution is 2.42. The molecule has 0 saturated carbocycles. The lowest BCUT2D eigenvalue weighted by Gasteiger charge is -2.25. The quantitative estimate of drug-likeness (QED) is 0.370. The van der Waals surface area contributed by atoms with Gasteiger partial charge in [0, 0.05) is 22.5 Å². The number of ketones is 1. The fourth-order valence-electron chi connectivity index (χ4n) is 3.80. The van der Waals surface area contributed by atoms with Gasteiger partial charge in [-0.1, -0.05) is 35.9 Å². The third-order valence-corrected chi connectivity index (χ3v) is 5.23. The molecule has 6 heteroatoms. The molecule has 3 aromatic rings. The normalized spacial score (nSPS) is 18.1. The maximum Gasteiger partial charge on any atom is 0.300 e. The summed E-state index contributed by atoms with van der Waals surface area (Å²) < 4.78 is 0. The zero-order valence-corrected chi connectivity index (χ0v) is 17.2.